The number of carbonyl (C=O) groups is 3. The van der Waals surface area contributed by atoms with Gasteiger partial charge < -0.3 is 15.0 Å². The van der Waals surface area contributed by atoms with Gasteiger partial charge in [-0.2, -0.15) is 0 Å². The summed E-state index contributed by atoms with van der Waals surface area (Å²) in [5.41, 5.74) is -0.775. The van der Waals surface area contributed by atoms with Crippen molar-refractivity contribution < 1.29 is 19.1 Å². The quantitative estimate of drug-likeness (QED) is 0.172. The number of nitrogens with one attached hydrogen (secondary N) is 1. The number of hydrogen-bond donors (Lipinski definition) is 1. The van der Waals surface area contributed by atoms with E-state index in [9.17, 15) is 14.4 Å². The third-order valence-corrected chi connectivity index (χ3v) is 3.88. The highest BCUT2D eigenvalue weighted by molar-refractivity contribution is 6.67. The molecule has 2 amide bonds. The lowest BCUT2D eigenvalue weighted by Gasteiger charge is -2.46. The summed E-state index contributed by atoms with van der Waals surface area (Å²) in [5.74, 6) is -1.58. The first-order valence-electron chi connectivity index (χ1n) is 5.77. The summed E-state index contributed by atoms with van der Waals surface area (Å²) in [6.45, 7) is 3.09. The number of nitrogens with zero attached hydrogens (tertiary/aromatic N) is 1. The summed E-state index contributed by atoms with van der Waals surface area (Å²) in [7, 11) is 0. The second-order valence-corrected chi connectivity index (χ2v) is 7.53. The van der Waals surface area contributed by atoms with Crippen molar-refractivity contribution in [1.29, 1.82) is 0 Å². The number of β-lactam (4-membered cyclic amide) rings is 1. The highest BCUT2D eigenvalue weighted by atomic mass is 35.6. The highest BCUT2D eigenvalue weighted by Crippen LogP contribution is 2.31. The number of esters is 1. The summed E-state index contributed by atoms with van der Waals surface area (Å²) in [6, 6.07) is -2.17. The standard InChI is InChI=1S/C11H11Cl5N2O4/c1-5(2-12)7(10(21)22-3-11(14,15)16)18-8(13)6(9(18)20)17-4-19/h4,6-8H,1-3H2,(H,17,19). The second kappa shape index (κ2) is 7.93. The molecule has 1 heterocycles. The summed E-state index contributed by atoms with van der Waals surface area (Å²) in [6.07, 6.45) is 0.335. The van der Waals surface area contributed by atoms with Crippen LogP contribution in [-0.4, -0.2) is 57.1 Å². The second-order valence-electron chi connectivity index (χ2n) is 4.30. The van der Waals surface area contributed by atoms with Crippen LogP contribution in [0.5, 0.6) is 0 Å². The predicted molar refractivity (Wildman–Crippen MR) is 84.4 cm³/mol. The summed E-state index contributed by atoms with van der Waals surface area (Å²) >= 11 is 28.1. The minimum atomic E-state index is -1.80. The molecule has 0 saturated carbocycles. The number of hydrogen-bond acceptors (Lipinski definition) is 4. The SMILES string of the molecule is C=C(CCl)C(C(=O)OCC(Cl)(Cl)Cl)N1C(=O)C(NC=O)C1Cl. The maximum absolute atomic E-state index is 12.1. The van der Waals surface area contributed by atoms with E-state index >= 15 is 0 Å². The predicted octanol–water partition coefficient (Wildman–Crippen LogP) is 1.59. The van der Waals surface area contributed by atoms with Crippen molar-refractivity contribution in [3.05, 3.63) is 12.2 Å². The first-order chi connectivity index (χ1) is 10.1. The van der Waals surface area contributed by atoms with E-state index in [0.29, 0.717) is 6.41 Å². The molecule has 3 unspecified atom stereocenters. The minimum Gasteiger partial charge on any atom is -0.459 e. The molecule has 1 aliphatic rings. The molecule has 1 saturated heterocycles. The van der Waals surface area contributed by atoms with Crippen molar-refractivity contribution >= 4 is 76.3 Å². The molecule has 0 aromatic rings. The fourth-order valence-corrected chi connectivity index (χ4v) is 2.45. The monoisotopic (exact) mass is 410 g/mol. The largest absolute Gasteiger partial charge is 0.459 e. The van der Waals surface area contributed by atoms with E-state index in [1.165, 1.54) is 0 Å². The van der Waals surface area contributed by atoms with Crippen molar-refractivity contribution in [2.75, 3.05) is 12.5 Å². The smallest absolute Gasteiger partial charge is 0.333 e. The van der Waals surface area contributed by atoms with Crippen molar-refractivity contribution in [2.24, 2.45) is 0 Å². The summed E-state index contributed by atoms with van der Waals surface area (Å²) in [4.78, 5) is 35.5. The molecule has 1 N–H and O–H groups in total. The Balaban J connectivity index is 2.86. The first-order valence-corrected chi connectivity index (χ1v) is 7.87. The van der Waals surface area contributed by atoms with Gasteiger partial charge in [-0.3, -0.25) is 9.59 Å². The zero-order valence-corrected chi connectivity index (χ0v) is 14.7. The van der Waals surface area contributed by atoms with Gasteiger partial charge in [-0.25, -0.2) is 4.79 Å². The molecule has 11 heteroatoms. The Morgan fingerprint density at radius 1 is 1.50 bits per heavy atom. The number of amides is 2. The minimum absolute atomic E-state index is 0.118. The molecule has 0 bridgehead atoms. The van der Waals surface area contributed by atoms with E-state index < -0.39 is 39.9 Å². The van der Waals surface area contributed by atoms with Gasteiger partial charge in [0.25, 0.3) is 5.91 Å². The molecule has 1 rings (SSSR count). The van der Waals surface area contributed by atoms with E-state index in [0.717, 1.165) is 4.90 Å². The average Bonchev–Trinajstić information content (AvgIpc) is 2.45. The Morgan fingerprint density at radius 3 is 2.50 bits per heavy atom. The first kappa shape index (κ1) is 19.6. The fourth-order valence-electron chi connectivity index (χ4n) is 1.75. The number of halogens is 5. The lowest BCUT2D eigenvalue weighted by molar-refractivity contribution is -0.162. The summed E-state index contributed by atoms with van der Waals surface area (Å²) < 4.78 is 3.04. The molecule has 124 valence electrons. The van der Waals surface area contributed by atoms with Crippen LogP contribution in [-0.2, 0) is 19.1 Å². The lowest BCUT2D eigenvalue weighted by Crippen LogP contribution is -2.71. The number of ether oxygens (including phenoxy) is 1. The van der Waals surface area contributed by atoms with Crippen LogP contribution in [0.4, 0.5) is 0 Å². The molecular formula is C11H11Cl5N2O4. The zero-order chi connectivity index (χ0) is 17.1. The number of likely N-dealkylation sites (tertiary alicyclic amines) is 1. The maximum Gasteiger partial charge on any atom is 0.333 e. The van der Waals surface area contributed by atoms with E-state index in [2.05, 4.69) is 11.9 Å². The van der Waals surface area contributed by atoms with Crippen molar-refractivity contribution in [3.63, 3.8) is 0 Å². The lowest BCUT2D eigenvalue weighted by atomic mass is 9.99. The van der Waals surface area contributed by atoms with Gasteiger partial charge in [0.05, 0.1) is 0 Å². The van der Waals surface area contributed by atoms with Crippen molar-refractivity contribution in [3.8, 4) is 0 Å². The Kier molecular flexibility index (Phi) is 7.08. The Hall–Kier alpha value is -0.400. The van der Waals surface area contributed by atoms with Crippen LogP contribution in [0, 0.1) is 0 Å². The van der Waals surface area contributed by atoms with E-state index in [4.69, 9.17) is 62.7 Å². The Labute approximate surface area is 151 Å². The van der Waals surface area contributed by atoms with Gasteiger partial charge in [-0.05, 0) is 5.57 Å². The molecule has 0 radical (unpaired) electrons. The van der Waals surface area contributed by atoms with Gasteiger partial charge >= 0.3 is 5.97 Å². The topological polar surface area (TPSA) is 75.7 Å². The van der Waals surface area contributed by atoms with Gasteiger partial charge in [-0.15, -0.1) is 11.6 Å². The van der Waals surface area contributed by atoms with Gasteiger partial charge in [0.2, 0.25) is 10.2 Å². The number of rotatable bonds is 7. The molecule has 1 aliphatic heterocycles. The van der Waals surface area contributed by atoms with Gasteiger partial charge in [0.15, 0.2) is 6.04 Å². The van der Waals surface area contributed by atoms with Crippen LogP contribution in [0.2, 0.25) is 0 Å². The molecule has 3 atom stereocenters. The van der Waals surface area contributed by atoms with E-state index in [-0.39, 0.29) is 11.5 Å². The third kappa shape index (κ3) is 4.55. The number of alkyl halides is 5. The molecule has 0 aliphatic carbocycles. The molecular weight excluding hydrogens is 401 g/mol. The maximum atomic E-state index is 12.1. The van der Waals surface area contributed by atoms with Crippen molar-refractivity contribution in [2.45, 2.75) is 21.4 Å². The molecule has 22 heavy (non-hydrogen) atoms. The van der Waals surface area contributed by atoms with Gasteiger partial charge in [0.1, 0.15) is 18.1 Å². The Morgan fingerprint density at radius 2 is 2.09 bits per heavy atom. The number of carbonyl (C=O) groups excluding carboxylic acids is 3. The summed E-state index contributed by atoms with van der Waals surface area (Å²) in [5, 5.41) is 2.24. The Bertz CT molecular complexity index is 482. The van der Waals surface area contributed by atoms with Crippen LogP contribution in [0.3, 0.4) is 0 Å². The molecule has 0 aromatic heterocycles. The zero-order valence-electron chi connectivity index (χ0n) is 10.9. The third-order valence-electron chi connectivity index (χ3n) is 2.75. The van der Waals surface area contributed by atoms with E-state index in [1.807, 2.05) is 0 Å². The highest BCUT2D eigenvalue weighted by Gasteiger charge is 2.52. The van der Waals surface area contributed by atoms with E-state index in [1.54, 1.807) is 0 Å². The van der Waals surface area contributed by atoms with Crippen LogP contribution in [0.1, 0.15) is 0 Å². The van der Waals surface area contributed by atoms with Crippen LogP contribution < -0.4 is 5.32 Å². The van der Waals surface area contributed by atoms with Crippen molar-refractivity contribution in [1.82, 2.24) is 10.2 Å². The average molecular weight is 412 g/mol. The molecule has 6 nitrogen and oxygen atoms in total. The van der Waals surface area contributed by atoms with Gasteiger partial charge in [-0.1, -0.05) is 53.0 Å². The van der Waals surface area contributed by atoms with Crippen LogP contribution in [0.15, 0.2) is 12.2 Å². The fraction of sp³-hybridized carbons (Fsp3) is 0.545. The molecule has 0 aromatic carbocycles. The van der Waals surface area contributed by atoms with Crippen LogP contribution >= 0.6 is 58.0 Å². The molecule has 0 spiro atoms. The van der Waals surface area contributed by atoms with Crippen LogP contribution in [0.25, 0.3) is 0 Å². The van der Waals surface area contributed by atoms with Gasteiger partial charge in [0, 0.05) is 5.88 Å². The molecule has 1 fully saturated rings. The normalized spacial score (nSPS) is 22.6.